The monoisotopic (exact) mass is 301 g/mol. The Morgan fingerprint density at radius 2 is 2.18 bits per heavy atom. The number of nitro groups is 1. The first kappa shape index (κ1) is 12.3. The van der Waals surface area contributed by atoms with Gasteiger partial charge in [-0.1, -0.05) is 15.9 Å². The highest BCUT2D eigenvalue weighted by Crippen LogP contribution is 2.44. The molecule has 1 aliphatic heterocycles. The van der Waals surface area contributed by atoms with Gasteiger partial charge in [0.25, 0.3) is 5.69 Å². The Morgan fingerprint density at radius 1 is 1.53 bits per heavy atom. The molecule has 2 atom stereocenters. The van der Waals surface area contributed by atoms with Crippen LogP contribution in [0.15, 0.2) is 18.2 Å². The minimum absolute atomic E-state index is 0.0502. The molecule has 17 heavy (non-hydrogen) atoms. The summed E-state index contributed by atoms with van der Waals surface area (Å²) in [6, 6.07) is 4.25. The minimum Gasteiger partial charge on any atom is -0.486 e. The summed E-state index contributed by atoms with van der Waals surface area (Å²) in [4.78, 5) is 9.87. The van der Waals surface area contributed by atoms with Gasteiger partial charge in [-0.15, -0.1) is 0 Å². The number of fused-ring (bicyclic) bond motifs is 1. The smallest absolute Gasteiger partial charge is 0.270 e. The van der Waals surface area contributed by atoms with Crippen molar-refractivity contribution in [1.82, 2.24) is 0 Å². The van der Waals surface area contributed by atoms with Crippen molar-refractivity contribution in [2.75, 3.05) is 0 Å². The number of alkyl halides is 1. The van der Waals surface area contributed by atoms with E-state index >= 15 is 0 Å². The van der Waals surface area contributed by atoms with Crippen LogP contribution < -0.4 is 4.74 Å². The zero-order valence-electron chi connectivity index (χ0n) is 9.38. The Labute approximate surface area is 107 Å². The van der Waals surface area contributed by atoms with Gasteiger partial charge < -0.3 is 9.84 Å². The number of ether oxygens (including phenoxy) is 1. The molecule has 0 bridgehead atoms. The Morgan fingerprint density at radius 3 is 2.76 bits per heavy atom. The first-order valence-corrected chi connectivity index (χ1v) is 6.04. The molecule has 5 nitrogen and oxygen atoms in total. The van der Waals surface area contributed by atoms with Crippen LogP contribution in [0.3, 0.4) is 0 Å². The van der Waals surface area contributed by atoms with E-state index in [1.807, 2.05) is 13.8 Å². The third kappa shape index (κ3) is 2.02. The van der Waals surface area contributed by atoms with E-state index in [1.165, 1.54) is 18.2 Å². The molecule has 1 aromatic rings. The maximum atomic E-state index is 10.7. The fraction of sp³-hybridized carbons (Fsp3) is 0.455. The van der Waals surface area contributed by atoms with Crippen LogP contribution in [-0.2, 0) is 0 Å². The first-order chi connectivity index (χ1) is 7.83. The maximum absolute atomic E-state index is 10.7. The van der Waals surface area contributed by atoms with Crippen LogP contribution in [0.5, 0.6) is 5.75 Å². The Bertz CT molecular complexity index is 475. The first-order valence-electron chi connectivity index (χ1n) is 5.12. The molecule has 1 heterocycles. The fourth-order valence-corrected chi connectivity index (χ4v) is 2.23. The van der Waals surface area contributed by atoms with Crippen molar-refractivity contribution in [2.45, 2.75) is 30.4 Å². The van der Waals surface area contributed by atoms with E-state index in [0.29, 0.717) is 11.3 Å². The second-order valence-corrected chi connectivity index (χ2v) is 5.52. The van der Waals surface area contributed by atoms with E-state index in [-0.39, 0.29) is 10.5 Å². The summed E-state index contributed by atoms with van der Waals surface area (Å²) in [6.07, 6.45) is -0.825. The number of rotatable bonds is 1. The molecule has 0 aliphatic carbocycles. The summed E-state index contributed by atoms with van der Waals surface area (Å²) < 4.78 is 5.71. The number of benzene rings is 1. The number of hydrogen-bond donors (Lipinski definition) is 1. The molecule has 2 rings (SSSR count). The number of aliphatic hydroxyl groups is 1. The molecule has 6 heteroatoms. The number of aliphatic hydroxyl groups excluding tert-OH is 1. The lowest BCUT2D eigenvalue weighted by atomic mass is 9.91. The van der Waals surface area contributed by atoms with Gasteiger partial charge in [-0.05, 0) is 19.9 Å². The van der Waals surface area contributed by atoms with Gasteiger partial charge in [0, 0.05) is 17.7 Å². The second kappa shape index (κ2) is 3.96. The molecule has 0 saturated carbocycles. The van der Waals surface area contributed by atoms with E-state index < -0.39 is 16.6 Å². The van der Waals surface area contributed by atoms with Gasteiger partial charge in [-0.25, -0.2) is 0 Å². The molecular formula is C11H12BrNO4. The van der Waals surface area contributed by atoms with Gasteiger partial charge in [-0.2, -0.15) is 0 Å². The summed E-state index contributed by atoms with van der Waals surface area (Å²) in [6.45, 7) is 3.69. The van der Waals surface area contributed by atoms with E-state index in [4.69, 9.17) is 4.74 Å². The van der Waals surface area contributed by atoms with Gasteiger partial charge in [0.1, 0.15) is 11.4 Å². The van der Waals surface area contributed by atoms with E-state index in [9.17, 15) is 15.2 Å². The van der Waals surface area contributed by atoms with Gasteiger partial charge in [0.2, 0.25) is 0 Å². The van der Waals surface area contributed by atoms with Crippen molar-refractivity contribution in [3.8, 4) is 5.75 Å². The summed E-state index contributed by atoms with van der Waals surface area (Å²) in [7, 11) is 0. The molecule has 0 fully saturated rings. The van der Waals surface area contributed by atoms with E-state index in [2.05, 4.69) is 15.9 Å². The van der Waals surface area contributed by atoms with Crippen LogP contribution in [0.2, 0.25) is 0 Å². The largest absolute Gasteiger partial charge is 0.486 e. The maximum Gasteiger partial charge on any atom is 0.270 e. The lowest BCUT2D eigenvalue weighted by Gasteiger charge is -2.39. The van der Waals surface area contributed by atoms with Crippen molar-refractivity contribution < 1.29 is 14.8 Å². The molecular weight excluding hydrogens is 290 g/mol. The average molecular weight is 302 g/mol. The zero-order chi connectivity index (χ0) is 12.8. The number of non-ortho nitro benzene ring substituents is 1. The van der Waals surface area contributed by atoms with Crippen LogP contribution in [0.1, 0.15) is 25.5 Å². The molecule has 0 radical (unpaired) electrons. The average Bonchev–Trinajstić information content (AvgIpc) is 2.25. The zero-order valence-corrected chi connectivity index (χ0v) is 11.0. The predicted octanol–water partition coefficient (Wildman–Crippen LogP) is 2.56. The molecule has 1 N–H and O–H groups in total. The molecule has 92 valence electrons. The topological polar surface area (TPSA) is 72.6 Å². The van der Waals surface area contributed by atoms with Crippen molar-refractivity contribution in [3.05, 3.63) is 33.9 Å². The summed E-state index contributed by atoms with van der Waals surface area (Å²) in [5.74, 6) is 0.490. The number of halogens is 1. The Hall–Kier alpha value is -1.14. The fourth-order valence-electron chi connectivity index (χ4n) is 1.85. The van der Waals surface area contributed by atoms with Crippen molar-refractivity contribution in [2.24, 2.45) is 0 Å². The molecule has 0 unspecified atom stereocenters. The lowest BCUT2D eigenvalue weighted by Crippen LogP contribution is -2.45. The molecule has 0 amide bonds. The van der Waals surface area contributed by atoms with E-state index in [0.717, 1.165) is 0 Å². The Kier molecular flexibility index (Phi) is 2.87. The predicted molar refractivity (Wildman–Crippen MR) is 65.5 cm³/mol. The normalized spacial score (nSPS) is 25.9. The van der Waals surface area contributed by atoms with Gasteiger partial charge >= 0.3 is 0 Å². The SMILES string of the molecule is CC1(C)Oc2ccc([N+](=O)[O-])cc2[C@@H](O)[C@@H]1Br. The number of nitrogens with zero attached hydrogens (tertiary/aromatic N) is 1. The number of nitro benzene ring substituents is 1. The lowest BCUT2D eigenvalue weighted by molar-refractivity contribution is -0.385. The van der Waals surface area contributed by atoms with Crippen LogP contribution in [-0.4, -0.2) is 20.5 Å². The molecule has 0 spiro atoms. The van der Waals surface area contributed by atoms with Crippen LogP contribution >= 0.6 is 15.9 Å². The third-order valence-electron chi connectivity index (χ3n) is 2.84. The molecule has 1 aromatic carbocycles. The van der Waals surface area contributed by atoms with Gasteiger partial charge in [0.15, 0.2) is 0 Å². The standard InChI is InChI=1S/C11H12BrNO4/c1-11(2)10(12)9(14)7-5-6(13(15)16)3-4-8(7)17-11/h3-5,9-10,14H,1-2H3/t9-,10+/m1/s1. The van der Waals surface area contributed by atoms with Gasteiger partial charge in [-0.3, -0.25) is 10.1 Å². The second-order valence-electron chi connectivity index (χ2n) is 4.53. The summed E-state index contributed by atoms with van der Waals surface area (Å²) in [5.41, 5.74) is -0.172. The molecule has 0 aromatic heterocycles. The van der Waals surface area contributed by atoms with Crippen LogP contribution in [0.25, 0.3) is 0 Å². The minimum atomic E-state index is -0.825. The highest BCUT2D eigenvalue weighted by Gasteiger charge is 2.42. The van der Waals surface area contributed by atoms with Crippen LogP contribution in [0.4, 0.5) is 5.69 Å². The van der Waals surface area contributed by atoms with Crippen molar-refractivity contribution in [1.29, 1.82) is 0 Å². The van der Waals surface area contributed by atoms with E-state index in [1.54, 1.807) is 0 Å². The molecule has 1 aliphatic rings. The Balaban J connectivity index is 2.50. The molecule has 0 saturated heterocycles. The van der Waals surface area contributed by atoms with Crippen molar-refractivity contribution in [3.63, 3.8) is 0 Å². The summed E-state index contributed by atoms with van der Waals surface area (Å²) in [5, 5.41) is 20.8. The van der Waals surface area contributed by atoms with Crippen molar-refractivity contribution >= 4 is 21.6 Å². The highest BCUT2D eigenvalue weighted by molar-refractivity contribution is 9.09. The number of hydrogen-bond acceptors (Lipinski definition) is 4. The highest BCUT2D eigenvalue weighted by atomic mass is 79.9. The van der Waals surface area contributed by atoms with Crippen LogP contribution in [0, 0.1) is 10.1 Å². The summed E-state index contributed by atoms with van der Waals surface area (Å²) >= 11 is 3.36. The quantitative estimate of drug-likeness (QED) is 0.491. The third-order valence-corrected chi connectivity index (χ3v) is 4.44. The van der Waals surface area contributed by atoms with Gasteiger partial charge in [0.05, 0.1) is 15.9 Å².